The molecule has 10 heavy (non-hydrogen) atoms. The molecule has 0 aliphatic heterocycles. The summed E-state index contributed by atoms with van der Waals surface area (Å²) in [7, 11) is 0. The molecular formula is C3H9N5O2. The number of guanidine groups is 1. The average Bonchev–Trinajstić information content (AvgIpc) is 1.82. The fourth-order valence-corrected chi connectivity index (χ4v) is 0.158. The third-order valence-corrected chi connectivity index (χ3v) is 0.532. The number of hydrogen-bond acceptors (Lipinski definition) is 5. The van der Waals surface area contributed by atoms with Gasteiger partial charge >= 0.3 is 5.97 Å². The molecule has 0 spiro atoms. The van der Waals surface area contributed by atoms with Gasteiger partial charge in [0.15, 0.2) is 0 Å². The summed E-state index contributed by atoms with van der Waals surface area (Å²) in [4.78, 5) is 14.2. The molecule has 0 unspecified atom stereocenters. The number of oxime groups is 1. The van der Waals surface area contributed by atoms with Crippen LogP contribution in [0.5, 0.6) is 0 Å². The lowest BCUT2D eigenvalue weighted by atomic mass is 10.8. The molecule has 0 aromatic heterocycles. The van der Waals surface area contributed by atoms with Crippen LogP contribution < -0.4 is 17.4 Å². The standard InChI is InChI=1S/C3H9N5O2/c1-2(9)10-7-3(4)8(5)6/h5-6H2,1H3,(H2,4,7). The van der Waals surface area contributed by atoms with Crippen molar-refractivity contribution >= 4 is 11.9 Å². The van der Waals surface area contributed by atoms with Crippen LogP contribution in [0.2, 0.25) is 0 Å². The van der Waals surface area contributed by atoms with E-state index >= 15 is 0 Å². The Labute approximate surface area is 57.3 Å². The number of carbonyl (C=O) groups excluding carboxylic acids is 1. The van der Waals surface area contributed by atoms with Gasteiger partial charge < -0.3 is 10.6 Å². The van der Waals surface area contributed by atoms with Gasteiger partial charge in [-0.2, -0.15) is 0 Å². The zero-order valence-electron chi connectivity index (χ0n) is 5.44. The van der Waals surface area contributed by atoms with Crippen LogP contribution in [0.3, 0.4) is 0 Å². The van der Waals surface area contributed by atoms with Crippen molar-refractivity contribution in [3.63, 3.8) is 0 Å². The van der Waals surface area contributed by atoms with Crippen molar-refractivity contribution in [3.8, 4) is 0 Å². The van der Waals surface area contributed by atoms with Gasteiger partial charge in [-0.25, -0.2) is 21.6 Å². The topological polar surface area (TPSA) is 120 Å². The number of hydrogen-bond donors (Lipinski definition) is 3. The van der Waals surface area contributed by atoms with E-state index in [-0.39, 0.29) is 5.96 Å². The average molecular weight is 147 g/mol. The maximum absolute atomic E-state index is 10.1. The van der Waals surface area contributed by atoms with Crippen molar-refractivity contribution in [2.24, 2.45) is 22.6 Å². The van der Waals surface area contributed by atoms with E-state index in [0.29, 0.717) is 5.12 Å². The second-order valence-electron chi connectivity index (χ2n) is 1.44. The Bertz CT molecular complexity index is 153. The Hall–Kier alpha value is -1.34. The van der Waals surface area contributed by atoms with Gasteiger partial charge in [0, 0.05) is 6.92 Å². The Morgan fingerprint density at radius 3 is 2.40 bits per heavy atom. The first-order valence-electron chi connectivity index (χ1n) is 2.34. The fraction of sp³-hybridized carbons (Fsp3) is 0.333. The molecule has 0 amide bonds. The van der Waals surface area contributed by atoms with Crippen LogP contribution in [-0.2, 0) is 9.63 Å². The van der Waals surface area contributed by atoms with E-state index in [1.165, 1.54) is 6.92 Å². The predicted molar refractivity (Wildman–Crippen MR) is 33.6 cm³/mol. The van der Waals surface area contributed by atoms with E-state index in [9.17, 15) is 4.79 Å². The molecule has 0 bridgehead atoms. The molecule has 0 heterocycles. The molecule has 6 N–H and O–H groups in total. The Balaban J connectivity index is 3.80. The summed E-state index contributed by atoms with van der Waals surface area (Å²) in [6, 6.07) is 0. The summed E-state index contributed by atoms with van der Waals surface area (Å²) in [6.07, 6.45) is 0. The van der Waals surface area contributed by atoms with Crippen LogP contribution in [0, 0.1) is 0 Å². The van der Waals surface area contributed by atoms with E-state index in [1.807, 2.05) is 0 Å². The smallest absolute Gasteiger partial charge is 0.332 e. The number of hydrazine groups is 2. The molecule has 7 nitrogen and oxygen atoms in total. The van der Waals surface area contributed by atoms with E-state index in [2.05, 4.69) is 9.99 Å². The first kappa shape index (κ1) is 8.66. The fourth-order valence-electron chi connectivity index (χ4n) is 0.158. The zero-order valence-corrected chi connectivity index (χ0v) is 5.44. The highest BCUT2D eigenvalue weighted by Crippen LogP contribution is 1.76. The Morgan fingerprint density at radius 2 is 2.10 bits per heavy atom. The SMILES string of the molecule is CC(=O)O/N=C(\N)N(N)N. The second-order valence-corrected chi connectivity index (χ2v) is 1.44. The minimum absolute atomic E-state index is 0.282. The summed E-state index contributed by atoms with van der Waals surface area (Å²) >= 11 is 0. The normalized spacial score (nSPS) is 10.9. The molecule has 7 heteroatoms. The van der Waals surface area contributed by atoms with Crippen molar-refractivity contribution in [1.29, 1.82) is 0 Å². The van der Waals surface area contributed by atoms with Crippen LogP contribution in [-0.4, -0.2) is 17.0 Å². The largest absolute Gasteiger partial charge is 0.365 e. The molecule has 0 saturated carbocycles. The van der Waals surface area contributed by atoms with Crippen LogP contribution in [0.25, 0.3) is 0 Å². The summed E-state index contributed by atoms with van der Waals surface area (Å²) in [5.74, 6) is 8.90. The van der Waals surface area contributed by atoms with Crippen molar-refractivity contribution in [3.05, 3.63) is 0 Å². The summed E-state index contributed by atoms with van der Waals surface area (Å²) < 4.78 is 0. The summed E-state index contributed by atoms with van der Waals surface area (Å²) in [5.41, 5.74) is 5.01. The van der Waals surface area contributed by atoms with Gasteiger partial charge in [0.2, 0.25) is 0 Å². The second kappa shape index (κ2) is 3.64. The van der Waals surface area contributed by atoms with E-state index in [0.717, 1.165) is 0 Å². The molecule has 0 aliphatic carbocycles. The molecule has 0 atom stereocenters. The molecule has 0 fully saturated rings. The lowest BCUT2D eigenvalue weighted by Crippen LogP contribution is -2.48. The first-order chi connectivity index (χ1) is 4.54. The molecule has 0 aliphatic rings. The summed E-state index contributed by atoms with van der Waals surface area (Å²) in [5, 5.41) is 3.57. The van der Waals surface area contributed by atoms with Crippen LogP contribution in [0.1, 0.15) is 6.92 Å². The number of carbonyl (C=O) groups is 1. The molecule has 0 saturated heterocycles. The molecule has 0 aromatic carbocycles. The third kappa shape index (κ3) is 3.64. The first-order valence-corrected chi connectivity index (χ1v) is 2.34. The maximum Gasteiger partial charge on any atom is 0.332 e. The Morgan fingerprint density at radius 1 is 1.60 bits per heavy atom. The number of nitrogens with two attached hydrogens (primary N) is 3. The lowest BCUT2D eigenvalue weighted by Gasteiger charge is -2.06. The molecular weight excluding hydrogens is 138 g/mol. The monoisotopic (exact) mass is 147 g/mol. The predicted octanol–water partition coefficient (Wildman–Crippen LogP) is -2.17. The van der Waals surface area contributed by atoms with Crippen molar-refractivity contribution in [2.45, 2.75) is 6.92 Å². The van der Waals surface area contributed by atoms with Crippen LogP contribution >= 0.6 is 0 Å². The highest BCUT2D eigenvalue weighted by molar-refractivity contribution is 5.77. The highest BCUT2D eigenvalue weighted by atomic mass is 16.7. The van der Waals surface area contributed by atoms with Gasteiger partial charge in [-0.3, -0.25) is 0 Å². The van der Waals surface area contributed by atoms with E-state index < -0.39 is 5.97 Å². The van der Waals surface area contributed by atoms with Crippen molar-refractivity contribution in [2.75, 3.05) is 0 Å². The van der Waals surface area contributed by atoms with Crippen LogP contribution in [0.4, 0.5) is 0 Å². The van der Waals surface area contributed by atoms with Gasteiger partial charge in [0.25, 0.3) is 5.96 Å². The zero-order chi connectivity index (χ0) is 8.15. The summed E-state index contributed by atoms with van der Waals surface area (Å²) in [6.45, 7) is 1.17. The highest BCUT2D eigenvalue weighted by Gasteiger charge is 1.96. The molecule has 0 radical (unpaired) electrons. The van der Waals surface area contributed by atoms with Crippen LogP contribution in [0.15, 0.2) is 5.16 Å². The van der Waals surface area contributed by atoms with Gasteiger partial charge in [-0.1, -0.05) is 0 Å². The molecule has 0 rings (SSSR count). The van der Waals surface area contributed by atoms with E-state index in [1.54, 1.807) is 0 Å². The minimum atomic E-state index is -0.593. The quantitative estimate of drug-likeness (QED) is 0.128. The minimum Gasteiger partial charge on any atom is -0.365 e. The van der Waals surface area contributed by atoms with Crippen molar-refractivity contribution in [1.82, 2.24) is 5.12 Å². The third-order valence-electron chi connectivity index (χ3n) is 0.532. The molecule has 58 valence electrons. The van der Waals surface area contributed by atoms with Gasteiger partial charge in [-0.15, -0.1) is 0 Å². The molecule has 0 aromatic rings. The number of rotatable bonds is 1. The van der Waals surface area contributed by atoms with E-state index in [4.69, 9.17) is 17.4 Å². The maximum atomic E-state index is 10.1. The number of nitrogens with zero attached hydrogens (tertiary/aromatic N) is 2. The van der Waals surface area contributed by atoms with Gasteiger partial charge in [0.1, 0.15) is 0 Å². The lowest BCUT2D eigenvalue weighted by molar-refractivity contribution is -0.141. The van der Waals surface area contributed by atoms with Crippen molar-refractivity contribution < 1.29 is 9.63 Å². The van der Waals surface area contributed by atoms with Gasteiger partial charge in [-0.05, 0) is 5.16 Å². The Kier molecular flexibility index (Phi) is 3.15. The van der Waals surface area contributed by atoms with Gasteiger partial charge in [0.05, 0.1) is 0 Å².